The minimum Gasteiger partial charge on any atom is -0.354 e. The highest BCUT2D eigenvalue weighted by atomic mass is 32.2. The second-order valence-electron chi connectivity index (χ2n) is 7.78. The third-order valence-electron chi connectivity index (χ3n) is 5.98. The molecular formula is C24H30N2OS. The smallest absolute Gasteiger partial charge is 0.125 e. The Kier molecular flexibility index (Phi) is 5.98. The van der Waals surface area contributed by atoms with Crippen molar-refractivity contribution in [2.24, 2.45) is 0 Å². The fourth-order valence-electron chi connectivity index (χ4n) is 4.42. The average molecular weight is 395 g/mol. The normalized spacial score (nSPS) is 16.5. The first kappa shape index (κ1) is 19.4. The number of aromatic nitrogens is 1. The summed E-state index contributed by atoms with van der Waals surface area (Å²) in [5, 5.41) is 1.28. The minimum atomic E-state index is -1.17. The van der Waals surface area contributed by atoms with E-state index in [0.29, 0.717) is 6.04 Å². The molecule has 2 N–H and O–H groups in total. The summed E-state index contributed by atoms with van der Waals surface area (Å²) in [6, 6.07) is 15.3. The van der Waals surface area contributed by atoms with Gasteiger partial charge >= 0.3 is 0 Å². The molecule has 148 valence electrons. The largest absolute Gasteiger partial charge is 0.354 e. The number of rotatable bonds is 6. The number of benzene rings is 2. The van der Waals surface area contributed by atoms with Crippen LogP contribution in [0.4, 0.5) is 0 Å². The van der Waals surface area contributed by atoms with Gasteiger partial charge in [-0.15, -0.1) is 0 Å². The van der Waals surface area contributed by atoms with Gasteiger partial charge in [0.2, 0.25) is 0 Å². The molecule has 0 radical (unpaired) electrons. The van der Waals surface area contributed by atoms with Crippen LogP contribution in [0.25, 0.3) is 22.2 Å². The van der Waals surface area contributed by atoms with Gasteiger partial charge in [-0.25, -0.2) is 8.93 Å². The Labute approximate surface area is 170 Å². The Bertz CT molecular complexity index is 985. The molecule has 3 aromatic rings. The molecule has 4 rings (SSSR count). The number of nitrogens with one attached hydrogen (secondary N) is 2. The summed E-state index contributed by atoms with van der Waals surface area (Å²) >= 11 is 0. The van der Waals surface area contributed by atoms with E-state index in [-0.39, 0.29) is 0 Å². The monoisotopic (exact) mass is 394 g/mol. The highest BCUT2D eigenvalue weighted by Gasteiger charge is 2.19. The van der Waals surface area contributed by atoms with Crippen LogP contribution < -0.4 is 4.72 Å². The third-order valence-corrected chi connectivity index (χ3v) is 7.31. The Morgan fingerprint density at radius 2 is 1.82 bits per heavy atom. The number of aromatic amines is 1. The first-order chi connectivity index (χ1) is 13.7. The van der Waals surface area contributed by atoms with Gasteiger partial charge in [-0.2, -0.15) is 0 Å². The maximum Gasteiger partial charge on any atom is 0.125 e. The van der Waals surface area contributed by atoms with Crippen molar-refractivity contribution < 1.29 is 4.21 Å². The molecule has 1 heterocycles. The fourth-order valence-corrected chi connectivity index (χ4v) is 5.77. The van der Waals surface area contributed by atoms with Crippen molar-refractivity contribution >= 4 is 21.9 Å². The topological polar surface area (TPSA) is 44.9 Å². The number of hydrogen-bond acceptors (Lipinski definition) is 1. The van der Waals surface area contributed by atoms with E-state index >= 15 is 0 Å². The second kappa shape index (κ2) is 8.62. The van der Waals surface area contributed by atoms with Crippen molar-refractivity contribution in [3.05, 3.63) is 53.6 Å². The summed E-state index contributed by atoms with van der Waals surface area (Å²) in [6.07, 6.45) is 7.91. The summed E-state index contributed by atoms with van der Waals surface area (Å²) in [5.74, 6) is 0. The Balaban J connectivity index is 1.71. The molecule has 3 nitrogen and oxygen atoms in total. The van der Waals surface area contributed by atoms with Crippen LogP contribution in [0.1, 0.15) is 57.1 Å². The number of fused-ring (bicyclic) bond motifs is 1. The molecule has 1 unspecified atom stereocenters. The lowest BCUT2D eigenvalue weighted by Crippen LogP contribution is -2.32. The molecule has 1 aliphatic rings. The van der Waals surface area contributed by atoms with Crippen molar-refractivity contribution in [2.45, 2.75) is 69.7 Å². The summed E-state index contributed by atoms with van der Waals surface area (Å²) in [6.45, 7) is 4.33. The zero-order valence-corrected chi connectivity index (χ0v) is 17.7. The van der Waals surface area contributed by atoms with E-state index < -0.39 is 11.0 Å². The zero-order valence-electron chi connectivity index (χ0n) is 16.9. The van der Waals surface area contributed by atoms with E-state index in [1.165, 1.54) is 35.8 Å². The average Bonchev–Trinajstić information content (AvgIpc) is 3.12. The maximum absolute atomic E-state index is 13.2. The number of hydrogen-bond donors (Lipinski definition) is 2. The van der Waals surface area contributed by atoms with Gasteiger partial charge in [0.15, 0.2) is 0 Å². The zero-order chi connectivity index (χ0) is 19.5. The predicted molar refractivity (Wildman–Crippen MR) is 119 cm³/mol. The molecule has 1 atom stereocenters. The standard InChI is InChI=1S/C24H30N2OS/c1-3-17-14-15-18(16-23(17)28(27)26-19-10-6-5-7-11-19)24-20(4-2)21-12-8-9-13-22(21)25-24/h8-9,12-16,19,25-26H,3-7,10-11H2,1-2H3. The summed E-state index contributed by atoms with van der Waals surface area (Å²) in [5.41, 5.74) is 5.94. The van der Waals surface area contributed by atoms with E-state index in [1.54, 1.807) is 0 Å². The van der Waals surface area contributed by atoms with Crippen molar-refractivity contribution in [3.8, 4) is 11.3 Å². The quantitative estimate of drug-likeness (QED) is 0.537. The van der Waals surface area contributed by atoms with E-state index in [4.69, 9.17) is 0 Å². The molecule has 0 saturated heterocycles. The van der Waals surface area contributed by atoms with E-state index in [0.717, 1.165) is 47.4 Å². The summed E-state index contributed by atoms with van der Waals surface area (Å²) < 4.78 is 16.6. The van der Waals surface area contributed by atoms with Crippen molar-refractivity contribution in [3.63, 3.8) is 0 Å². The van der Waals surface area contributed by atoms with Crippen LogP contribution in [0.2, 0.25) is 0 Å². The third kappa shape index (κ3) is 3.81. The van der Waals surface area contributed by atoms with Crippen LogP contribution in [0.5, 0.6) is 0 Å². The predicted octanol–water partition coefficient (Wildman–Crippen LogP) is 5.90. The van der Waals surface area contributed by atoms with Crippen LogP contribution in [-0.4, -0.2) is 15.2 Å². The first-order valence-electron chi connectivity index (χ1n) is 10.6. The molecule has 1 saturated carbocycles. The molecule has 1 fully saturated rings. The van der Waals surface area contributed by atoms with Gasteiger partial charge in [-0.05, 0) is 54.5 Å². The van der Waals surface area contributed by atoms with E-state index in [9.17, 15) is 4.21 Å². The Morgan fingerprint density at radius 3 is 2.57 bits per heavy atom. The van der Waals surface area contributed by atoms with Gasteiger partial charge in [-0.3, -0.25) is 0 Å². The fraction of sp³-hybridized carbons (Fsp3) is 0.417. The number of aryl methyl sites for hydroxylation is 2. The molecule has 1 aliphatic carbocycles. The molecule has 0 spiro atoms. The van der Waals surface area contributed by atoms with Crippen LogP contribution in [0, 0.1) is 0 Å². The molecule has 0 amide bonds. The van der Waals surface area contributed by atoms with Gasteiger partial charge in [0.25, 0.3) is 0 Å². The number of para-hydroxylation sites is 1. The van der Waals surface area contributed by atoms with Crippen molar-refractivity contribution in [1.82, 2.24) is 9.71 Å². The first-order valence-corrected chi connectivity index (χ1v) is 11.8. The van der Waals surface area contributed by atoms with Crippen LogP contribution in [-0.2, 0) is 23.8 Å². The molecule has 2 aromatic carbocycles. The lowest BCUT2D eigenvalue weighted by molar-refractivity contribution is 0.419. The Morgan fingerprint density at radius 1 is 1.04 bits per heavy atom. The molecule has 4 heteroatoms. The molecule has 0 bridgehead atoms. The van der Waals surface area contributed by atoms with Crippen LogP contribution >= 0.6 is 0 Å². The molecule has 0 aliphatic heterocycles. The van der Waals surface area contributed by atoms with E-state index in [1.807, 2.05) is 0 Å². The molecular weight excluding hydrogens is 364 g/mol. The number of H-pyrrole nitrogens is 1. The summed E-state index contributed by atoms with van der Waals surface area (Å²) in [4.78, 5) is 4.53. The lowest BCUT2D eigenvalue weighted by atomic mass is 9.96. The van der Waals surface area contributed by atoms with Gasteiger partial charge in [0, 0.05) is 22.6 Å². The van der Waals surface area contributed by atoms with Gasteiger partial charge in [0.05, 0.1) is 4.90 Å². The molecule has 28 heavy (non-hydrogen) atoms. The second-order valence-corrected chi connectivity index (χ2v) is 8.99. The van der Waals surface area contributed by atoms with Gasteiger partial charge < -0.3 is 4.98 Å². The van der Waals surface area contributed by atoms with Crippen LogP contribution in [0.15, 0.2) is 47.4 Å². The summed E-state index contributed by atoms with van der Waals surface area (Å²) in [7, 11) is -1.17. The van der Waals surface area contributed by atoms with Gasteiger partial charge in [-0.1, -0.05) is 63.4 Å². The Hall–Kier alpha value is -1.91. The van der Waals surface area contributed by atoms with Crippen molar-refractivity contribution in [2.75, 3.05) is 0 Å². The van der Waals surface area contributed by atoms with E-state index in [2.05, 4.69) is 66.0 Å². The van der Waals surface area contributed by atoms with Crippen LogP contribution in [0.3, 0.4) is 0 Å². The lowest BCUT2D eigenvalue weighted by Gasteiger charge is -2.23. The highest BCUT2D eigenvalue weighted by Crippen LogP contribution is 2.32. The van der Waals surface area contributed by atoms with Crippen molar-refractivity contribution in [1.29, 1.82) is 0 Å². The SMILES string of the molecule is CCc1ccc(-c2[nH]c3ccccc3c2CC)cc1S(=O)NC1CCCCC1. The minimum absolute atomic E-state index is 0.377. The maximum atomic E-state index is 13.2. The highest BCUT2D eigenvalue weighted by molar-refractivity contribution is 7.83. The molecule has 1 aromatic heterocycles. The van der Waals surface area contributed by atoms with Gasteiger partial charge in [0.1, 0.15) is 11.0 Å².